The largest absolute Gasteiger partial charge is 0.455 e. The van der Waals surface area contributed by atoms with Gasteiger partial charge in [-0.3, -0.25) is 0 Å². The highest BCUT2D eigenvalue weighted by atomic mass is 35.5. The molecule has 0 aliphatic rings. The molecule has 3 N–H and O–H groups in total. The van der Waals surface area contributed by atoms with Gasteiger partial charge in [-0.15, -0.1) is 0 Å². The van der Waals surface area contributed by atoms with Gasteiger partial charge in [0.05, 0.1) is 19.4 Å². The van der Waals surface area contributed by atoms with E-state index in [1.165, 1.54) is 11.2 Å². The second-order valence-corrected chi connectivity index (χ2v) is 5.00. The SMILES string of the molecule is NC(=S)N(CCO)/N=C/c1ccc(-c2cccc(Cl)c2)o1. The summed E-state index contributed by atoms with van der Waals surface area (Å²) in [6.07, 6.45) is 1.49. The lowest BCUT2D eigenvalue weighted by Gasteiger charge is -2.14. The maximum atomic E-state index is 8.89. The third-order valence-corrected chi connectivity index (χ3v) is 3.07. The van der Waals surface area contributed by atoms with E-state index in [4.69, 9.17) is 39.1 Å². The van der Waals surface area contributed by atoms with Crippen molar-refractivity contribution < 1.29 is 9.52 Å². The number of aliphatic hydroxyl groups excluding tert-OH is 1. The second-order valence-electron chi connectivity index (χ2n) is 4.14. The minimum Gasteiger partial charge on any atom is -0.455 e. The van der Waals surface area contributed by atoms with Crippen molar-refractivity contribution in [2.45, 2.75) is 0 Å². The molecule has 0 atom stereocenters. The molecule has 110 valence electrons. The van der Waals surface area contributed by atoms with Crippen molar-refractivity contribution in [2.24, 2.45) is 10.8 Å². The number of nitrogens with zero attached hydrogens (tertiary/aromatic N) is 2. The van der Waals surface area contributed by atoms with Crippen molar-refractivity contribution >= 4 is 35.1 Å². The zero-order valence-electron chi connectivity index (χ0n) is 11.1. The summed E-state index contributed by atoms with van der Waals surface area (Å²) in [5.74, 6) is 1.23. The second kappa shape index (κ2) is 7.21. The summed E-state index contributed by atoms with van der Waals surface area (Å²) in [7, 11) is 0. The molecule has 1 aromatic carbocycles. The molecule has 0 radical (unpaired) electrons. The maximum Gasteiger partial charge on any atom is 0.187 e. The molecule has 0 aliphatic carbocycles. The maximum absolute atomic E-state index is 8.89. The normalized spacial score (nSPS) is 11.0. The van der Waals surface area contributed by atoms with E-state index in [0.717, 1.165) is 5.56 Å². The fourth-order valence-corrected chi connectivity index (χ4v) is 1.99. The van der Waals surface area contributed by atoms with Crippen molar-refractivity contribution in [1.82, 2.24) is 5.01 Å². The van der Waals surface area contributed by atoms with E-state index in [-0.39, 0.29) is 18.3 Å². The first kappa shape index (κ1) is 15.5. The number of halogens is 1. The van der Waals surface area contributed by atoms with E-state index in [1.807, 2.05) is 24.3 Å². The molecule has 0 amide bonds. The monoisotopic (exact) mass is 323 g/mol. The topological polar surface area (TPSA) is 75.0 Å². The molecule has 0 saturated heterocycles. The van der Waals surface area contributed by atoms with Crippen molar-refractivity contribution in [3.8, 4) is 11.3 Å². The van der Waals surface area contributed by atoms with E-state index < -0.39 is 0 Å². The van der Waals surface area contributed by atoms with Crippen molar-refractivity contribution in [3.05, 3.63) is 47.2 Å². The number of rotatable bonds is 5. The molecule has 21 heavy (non-hydrogen) atoms. The Labute approximate surface area is 132 Å². The Morgan fingerprint density at radius 1 is 1.43 bits per heavy atom. The average Bonchev–Trinajstić information content (AvgIpc) is 2.92. The highest BCUT2D eigenvalue weighted by Crippen LogP contribution is 2.24. The van der Waals surface area contributed by atoms with Crippen LogP contribution in [0.5, 0.6) is 0 Å². The summed E-state index contributed by atoms with van der Waals surface area (Å²) >= 11 is 10.8. The van der Waals surface area contributed by atoms with Gasteiger partial charge in [-0.1, -0.05) is 23.7 Å². The van der Waals surface area contributed by atoms with Crippen LogP contribution in [0.4, 0.5) is 0 Å². The van der Waals surface area contributed by atoms with Gasteiger partial charge in [0, 0.05) is 10.6 Å². The number of nitrogens with two attached hydrogens (primary N) is 1. The molecule has 0 fully saturated rings. The Kier molecular flexibility index (Phi) is 5.32. The molecule has 0 saturated carbocycles. The number of hydrazone groups is 1. The lowest BCUT2D eigenvalue weighted by molar-refractivity contribution is 0.254. The molecular weight excluding hydrogens is 310 g/mol. The number of thiocarbonyl (C=S) groups is 1. The van der Waals surface area contributed by atoms with Gasteiger partial charge in [-0.05, 0) is 36.5 Å². The Morgan fingerprint density at radius 2 is 2.24 bits per heavy atom. The number of hydrogen-bond acceptors (Lipinski definition) is 4. The van der Waals surface area contributed by atoms with Crippen LogP contribution in [0.25, 0.3) is 11.3 Å². The van der Waals surface area contributed by atoms with Crippen molar-refractivity contribution in [3.63, 3.8) is 0 Å². The fraction of sp³-hybridized carbons (Fsp3) is 0.143. The highest BCUT2D eigenvalue weighted by Gasteiger charge is 2.06. The molecule has 5 nitrogen and oxygen atoms in total. The molecule has 2 rings (SSSR count). The Balaban J connectivity index is 2.14. The highest BCUT2D eigenvalue weighted by molar-refractivity contribution is 7.80. The Hall–Kier alpha value is -1.89. The van der Waals surface area contributed by atoms with Gasteiger partial charge in [-0.25, -0.2) is 5.01 Å². The average molecular weight is 324 g/mol. The molecule has 0 aliphatic heterocycles. The van der Waals surface area contributed by atoms with Crippen LogP contribution >= 0.6 is 23.8 Å². The van der Waals surface area contributed by atoms with Crippen LogP contribution in [-0.2, 0) is 0 Å². The molecule has 0 spiro atoms. The summed E-state index contributed by atoms with van der Waals surface area (Å²) in [5, 5.41) is 15.0. The van der Waals surface area contributed by atoms with E-state index in [2.05, 4.69) is 5.10 Å². The molecule has 1 heterocycles. The van der Waals surface area contributed by atoms with Crippen LogP contribution in [0.1, 0.15) is 5.76 Å². The van der Waals surface area contributed by atoms with Crippen LogP contribution in [0.3, 0.4) is 0 Å². The lowest BCUT2D eigenvalue weighted by atomic mass is 10.2. The first-order valence-electron chi connectivity index (χ1n) is 6.18. The number of aliphatic hydroxyl groups is 1. The van der Waals surface area contributed by atoms with Crippen LogP contribution in [0, 0.1) is 0 Å². The van der Waals surface area contributed by atoms with Gasteiger partial charge >= 0.3 is 0 Å². The van der Waals surface area contributed by atoms with Crippen molar-refractivity contribution in [1.29, 1.82) is 0 Å². The molecular formula is C14H14ClN3O2S. The van der Waals surface area contributed by atoms with Crippen LogP contribution in [-0.4, -0.2) is 34.6 Å². The quantitative estimate of drug-likeness (QED) is 0.502. The predicted molar refractivity (Wildman–Crippen MR) is 87.3 cm³/mol. The summed E-state index contributed by atoms with van der Waals surface area (Å²) in [6.45, 7) is 0.133. The lowest BCUT2D eigenvalue weighted by Crippen LogP contribution is -2.33. The van der Waals surface area contributed by atoms with Crippen LogP contribution in [0.15, 0.2) is 45.9 Å². The minimum absolute atomic E-state index is 0.0851. The zero-order valence-corrected chi connectivity index (χ0v) is 12.6. The minimum atomic E-state index is -0.0966. The predicted octanol–water partition coefficient (Wildman–Crippen LogP) is 2.47. The van der Waals surface area contributed by atoms with Gasteiger partial charge in [-0.2, -0.15) is 5.10 Å². The summed E-state index contributed by atoms with van der Waals surface area (Å²) in [4.78, 5) is 0. The van der Waals surface area contributed by atoms with E-state index >= 15 is 0 Å². The smallest absolute Gasteiger partial charge is 0.187 e. The molecule has 2 aromatic rings. The first-order valence-corrected chi connectivity index (χ1v) is 6.96. The standard InChI is InChI=1S/C14H14ClN3O2S/c15-11-3-1-2-10(8-11)13-5-4-12(20-13)9-17-18(6-7-19)14(16)21/h1-5,8-9,19H,6-7H2,(H2,16,21)/b17-9+. The summed E-state index contributed by atoms with van der Waals surface area (Å²) in [6, 6.07) is 11.0. The first-order chi connectivity index (χ1) is 10.1. The van der Waals surface area contributed by atoms with Gasteiger partial charge < -0.3 is 15.3 Å². The number of hydrogen-bond donors (Lipinski definition) is 2. The molecule has 1 aromatic heterocycles. The van der Waals surface area contributed by atoms with Gasteiger partial charge in [0.15, 0.2) is 5.11 Å². The zero-order chi connectivity index (χ0) is 15.2. The van der Waals surface area contributed by atoms with Crippen LogP contribution in [0.2, 0.25) is 5.02 Å². The Bertz CT molecular complexity index is 657. The number of benzene rings is 1. The Morgan fingerprint density at radius 3 is 2.90 bits per heavy atom. The van der Waals surface area contributed by atoms with Gasteiger partial charge in [0.1, 0.15) is 11.5 Å². The third-order valence-electron chi connectivity index (χ3n) is 2.63. The molecule has 7 heteroatoms. The summed E-state index contributed by atoms with van der Waals surface area (Å²) in [5.41, 5.74) is 6.37. The third kappa shape index (κ3) is 4.29. The van der Waals surface area contributed by atoms with Gasteiger partial charge in [0.2, 0.25) is 0 Å². The fourth-order valence-electron chi connectivity index (χ4n) is 1.67. The summed E-state index contributed by atoms with van der Waals surface area (Å²) < 4.78 is 5.65. The number of furan rings is 1. The van der Waals surface area contributed by atoms with Crippen LogP contribution < -0.4 is 5.73 Å². The van der Waals surface area contributed by atoms with E-state index in [0.29, 0.717) is 16.5 Å². The van der Waals surface area contributed by atoms with E-state index in [1.54, 1.807) is 12.1 Å². The molecule has 0 bridgehead atoms. The molecule has 0 unspecified atom stereocenters. The van der Waals surface area contributed by atoms with Crippen molar-refractivity contribution in [2.75, 3.05) is 13.2 Å². The van der Waals surface area contributed by atoms with Gasteiger partial charge in [0.25, 0.3) is 0 Å². The van der Waals surface area contributed by atoms with E-state index in [9.17, 15) is 0 Å².